The normalized spacial score (nSPS) is 19.4. The number of fused-ring (bicyclic) bond motifs is 2. The van der Waals surface area contributed by atoms with Crippen molar-refractivity contribution in [2.24, 2.45) is 0 Å². The highest BCUT2D eigenvalue weighted by Crippen LogP contribution is 2.43. The average molecular weight is 467 g/mol. The molecule has 0 spiro atoms. The number of ketones is 1. The van der Waals surface area contributed by atoms with Crippen molar-refractivity contribution in [3.05, 3.63) is 52.3 Å². The number of carbonyl (C=O) groups is 1. The van der Waals surface area contributed by atoms with E-state index in [4.69, 9.17) is 23.7 Å². The molecule has 3 aliphatic rings. The standard InChI is InChI=1S/C26H30N2O6/c1-17-25-19(15-28(16-33-25)7-6-27-8-10-32-11-9-27)14-20-24(29)23(34-26(17)20)13-18-4-5-21(30-2)22(12-18)31-3/h4-5,12-14H,6-11,15-16H2,1-3H3. The Labute approximate surface area is 199 Å². The Morgan fingerprint density at radius 1 is 1.00 bits per heavy atom. The van der Waals surface area contributed by atoms with Gasteiger partial charge in [0.1, 0.15) is 18.2 Å². The van der Waals surface area contributed by atoms with Gasteiger partial charge in [0, 0.05) is 43.9 Å². The third kappa shape index (κ3) is 4.36. The van der Waals surface area contributed by atoms with Crippen LogP contribution < -0.4 is 18.9 Å². The topological polar surface area (TPSA) is 69.7 Å². The minimum absolute atomic E-state index is 0.124. The van der Waals surface area contributed by atoms with Crippen LogP contribution in [0.4, 0.5) is 0 Å². The number of hydrogen-bond acceptors (Lipinski definition) is 8. The van der Waals surface area contributed by atoms with Crippen LogP contribution in [-0.4, -0.2) is 75.9 Å². The summed E-state index contributed by atoms with van der Waals surface area (Å²) < 4.78 is 28.3. The number of methoxy groups -OCH3 is 2. The highest BCUT2D eigenvalue weighted by Gasteiger charge is 2.33. The number of allylic oxidation sites excluding steroid dienone is 1. The summed E-state index contributed by atoms with van der Waals surface area (Å²) in [5, 5.41) is 0. The quantitative estimate of drug-likeness (QED) is 0.602. The molecule has 0 N–H and O–H groups in total. The van der Waals surface area contributed by atoms with E-state index in [2.05, 4.69) is 9.80 Å². The molecule has 5 rings (SSSR count). The molecule has 2 aromatic rings. The lowest BCUT2D eigenvalue weighted by atomic mass is 10.00. The van der Waals surface area contributed by atoms with Gasteiger partial charge in [-0.2, -0.15) is 0 Å². The van der Waals surface area contributed by atoms with E-state index in [0.29, 0.717) is 29.5 Å². The van der Waals surface area contributed by atoms with Gasteiger partial charge in [0.15, 0.2) is 17.3 Å². The van der Waals surface area contributed by atoms with E-state index in [1.807, 2.05) is 25.1 Å². The molecule has 0 amide bonds. The lowest BCUT2D eigenvalue weighted by molar-refractivity contribution is 0.0239. The molecule has 1 saturated heterocycles. The van der Waals surface area contributed by atoms with Crippen molar-refractivity contribution in [2.45, 2.75) is 13.5 Å². The number of ether oxygens (including phenoxy) is 5. The second-order valence-electron chi connectivity index (χ2n) is 8.70. The number of rotatable bonds is 6. The first-order valence-corrected chi connectivity index (χ1v) is 11.6. The molecule has 8 nitrogen and oxygen atoms in total. The molecule has 1 fully saturated rings. The van der Waals surface area contributed by atoms with Gasteiger partial charge in [-0.25, -0.2) is 0 Å². The van der Waals surface area contributed by atoms with Crippen molar-refractivity contribution >= 4 is 11.9 Å². The first kappa shape index (κ1) is 22.7. The third-order valence-corrected chi connectivity index (χ3v) is 6.54. The summed E-state index contributed by atoms with van der Waals surface area (Å²) in [6, 6.07) is 7.41. The van der Waals surface area contributed by atoms with Crippen LogP contribution in [0, 0.1) is 6.92 Å². The number of nitrogens with zero attached hydrogens (tertiary/aromatic N) is 2. The zero-order chi connectivity index (χ0) is 23.7. The molecular weight excluding hydrogens is 436 g/mol. The van der Waals surface area contributed by atoms with Gasteiger partial charge in [0.05, 0.1) is 33.0 Å². The van der Waals surface area contributed by atoms with Crippen LogP contribution >= 0.6 is 0 Å². The van der Waals surface area contributed by atoms with Crippen LogP contribution in [0.2, 0.25) is 0 Å². The predicted octanol–water partition coefficient (Wildman–Crippen LogP) is 3.11. The van der Waals surface area contributed by atoms with E-state index in [1.165, 1.54) is 0 Å². The molecule has 0 bridgehead atoms. The lowest BCUT2D eigenvalue weighted by Gasteiger charge is -2.33. The molecule has 3 aliphatic heterocycles. The van der Waals surface area contributed by atoms with E-state index in [1.54, 1.807) is 26.4 Å². The summed E-state index contributed by atoms with van der Waals surface area (Å²) in [6.45, 7) is 8.65. The number of morpholine rings is 1. The van der Waals surface area contributed by atoms with Crippen molar-refractivity contribution in [3.8, 4) is 23.0 Å². The molecule has 0 aliphatic carbocycles. The minimum Gasteiger partial charge on any atom is -0.493 e. The maximum atomic E-state index is 13.2. The van der Waals surface area contributed by atoms with Crippen molar-refractivity contribution in [2.75, 3.05) is 60.3 Å². The Balaban J connectivity index is 1.34. The summed E-state index contributed by atoms with van der Waals surface area (Å²) in [5.41, 5.74) is 3.27. The first-order valence-electron chi connectivity index (χ1n) is 11.6. The van der Waals surface area contributed by atoms with E-state index >= 15 is 0 Å². The molecule has 0 aromatic heterocycles. The second-order valence-corrected chi connectivity index (χ2v) is 8.70. The smallest absolute Gasteiger partial charge is 0.231 e. The molecular formula is C26H30N2O6. The van der Waals surface area contributed by atoms with E-state index in [-0.39, 0.29) is 11.5 Å². The van der Waals surface area contributed by atoms with Gasteiger partial charge in [0.25, 0.3) is 0 Å². The fourth-order valence-corrected chi connectivity index (χ4v) is 4.64. The molecule has 180 valence electrons. The largest absolute Gasteiger partial charge is 0.493 e. The molecule has 34 heavy (non-hydrogen) atoms. The van der Waals surface area contributed by atoms with Crippen molar-refractivity contribution in [1.82, 2.24) is 9.80 Å². The fourth-order valence-electron chi connectivity index (χ4n) is 4.64. The SMILES string of the molecule is COc1ccc(C=C2Oc3c(cc4c(c3C)OCN(CCN3CCOCC3)C4)C2=O)cc1OC. The fraction of sp³-hybridized carbons (Fsp3) is 0.423. The van der Waals surface area contributed by atoms with Crippen molar-refractivity contribution < 1.29 is 28.5 Å². The Bertz CT molecular complexity index is 1120. The maximum Gasteiger partial charge on any atom is 0.231 e. The minimum atomic E-state index is -0.124. The zero-order valence-electron chi connectivity index (χ0n) is 19.9. The Morgan fingerprint density at radius 2 is 1.76 bits per heavy atom. The van der Waals surface area contributed by atoms with E-state index < -0.39 is 0 Å². The number of carbonyl (C=O) groups excluding carboxylic acids is 1. The Kier molecular flexibility index (Phi) is 6.45. The summed E-state index contributed by atoms with van der Waals surface area (Å²) in [4.78, 5) is 17.9. The van der Waals surface area contributed by atoms with Gasteiger partial charge in [-0.3, -0.25) is 14.6 Å². The van der Waals surface area contributed by atoms with Crippen molar-refractivity contribution in [3.63, 3.8) is 0 Å². The van der Waals surface area contributed by atoms with Crippen LogP contribution in [0.1, 0.15) is 27.0 Å². The van der Waals surface area contributed by atoms with Gasteiger partial charge < -0.3 is 23.7 Å². The molecule has 8 heteroatoms. The lowest BCUT2D eigenvalue weighted by Crippen LogP contribution is -2.43. The van der Waals surface area contributed by atoms with Gasteiger partial charge in [-0.15, -0.1) is 0 Å². The second kappa shape index (κ2) is 9.66. The van der Waals surface area contributed by atoms with Crippen LogP contribution in [-0.2, 0) is 11.3 Å². The summed E-state index contributed by atoms with van der Waals surface area (Å²) in [5.74, 6) is 2.79. The zero-order valence-corrected chi connectivity index (χ0v) is 19.9. The van der Waals surface area contributed by atoms with Gasteiger partial charge >= 0.3 is 0 Å². The van der Waals surface area contributed by atoms with Crippen LogP contribution in [0.25, 0.3) is 6.08 Å². The monoisotopic (exact) mass is 466 g/mol. The summed E-state index contributed by atoms with van der Waals surface area (Å²) >= 11 is 0. The van der Waals surface area contributed by atoms with Crippen molar-refractivity contribution in [1.29, 1.82) is 0 Å². The number of hydrogen-bond donors (Lipinski definition) is 0. The van der Waals surface area contributed by atoms with Gasteiger partial charge in [0.2, 0.25) is 5.78 Å². The highest BCUT2D eigenvalue weighted by molar-refractivity contribution is 6.15. The average Bonchev–Trinajstić information content (AvgIpc) is 3.18. The highest BCUT2D eigenvalue weighted by atomic mass is 16.5. The first-order chi connectivity index (χ1) is 16.6. The molecule has 0 radical (unpaired) electrons. The predicted molar refractivity (Wildman–Crippen MR) is 127 cm³/mol. The summed E-state index contributed by atoms with van der Waals surface area (Å²) in [6.07, 6.45) is 1.73. The van der Waals surface area contributed by atoms with E-state index in [9.17, 15) is 4.79 Å². The summed E-state index contributed by atoms with van der Waals surface area (Å²) in [7, 11) is 3.17. The molecule has 0 atom stereocenters. The Hall–Kier alpha value is -3.07. The number of Topliss-reactive ketones (excluding diaryl/α,β-unsaturated/α-hetero) is 1. The molecule has 2 aromatic carbocycles. The van der Waals surface area contributed by atoms with E-state index in [0.717, 1.165) is 68.4 Å². The van der Waals surface area contributed by atoms with Crippen LogP contribution in [0.5, 0.6) is 23.0 Å². The van der Waals surface area contributed by atoms with Crippen LogP contribution in [0.15, 0.2) is 30.0 Å². The molecule has 0 saturated carbocycles. The van der Waals surface area contributed by atoms with Gasteiger partial charge in [-0.1, -0.05) is 6.07 Å². The molecule has 3 heterocycles. The van der Waals surface area contributed by atoms with Gasteiger partial charge in [-0.05, 0) is 36.8 Å². The Morgan fingerprint density at radius 3 is 2.53 bits per heavy atom. The molecule has 0 unspecified atom stereocenters. The van der Waals surface area contributed by atoms with Crippen LogP contribution in [0.3, 0.4) is 0 Å². The third-order valence-electron chi connectivity index (χ3n) is 6.54. The number of benzene rings is 2. The maximum absolute atomic E-state index is 13.2.